The molecule has 1 nitrogen and oxygen atoms in total. The fraction of sp³-hybridized carbons (Fsp3) is 0.769. The second-order valence-electron chi connectivity index (χ2n) is 9.86. The molecule has 0 aliphatic heterocycles. The van der Waals surface area contributed by atoms with Crippen molar-refractivity contribution in [2.75, 3.05) is 0 Å². The van der Waals surface area contributed by atoms with Crippen LogP contribution >= 0.6 is 0 Å². The average molecular weight is 443 g/mol. The maximum absolute atomic E-state index is 13.0. The third kappa shape index (κ3) is 7.39. The predicted octanol–water partition coefficient (Wildman–Crippen LogP) is 8.97. The van der Waals surface area contributed by atoms with E-state index in [9.17, 15) is 17.6 Å². The molecule has 31 heavy (non-hydrogen) atoms. The number of alkyl halides is 4. The first kappa shape index (κ1) is 24.4. The quantitative estimate of drug-likeness (QED) is 0.329. The summed E-state index contributed by atoms with van der Waals surface area (Å²) in [6.45, 7) is 2.28. The molecular weight excluding hydrogens is 404 g/mol. The van der Waals surface area contributed by atoms with Crippen molar-refractivity contribution in [2.24, 2.45) is 17.8 Å². The van der Waals surface area contributed by atoms with Crippen molar-refractivity contribution >= 4 is 0 Å². The Balaban J connectivity index is 1.36. The second kappa shape index (κ2) is 11.6. The molecule has 1 aromatic rings. The van der Waals surface area contributed by atoms with E-state index >= 15 is 0 Å². The summed E-state index contributed by atoms with van der Waals surface area (Å²) < 4.78 is 54.8. The van der Waals surface area contributed by atoms with E-state index in [1.54, 1.807) is 12.1 Å². The summed E-state index contributed by atoms with van der Waals surface area (Å²) in [5.74, 6) is 2.92. The fourth-order valence-electron chi connectivity index (χ4n) is 5.57. The smallest absolute Gasteiger partial charge is 0.428 e. The normalized spacial score (nSPS) is 27.4. The van der Waals surface area contributed by atoms with E-state index in [4.69, 9.17) is 0 Å². The van der Waals surface area contributed by atoms with Crippen LogP contribution in [0.2, 0.25) is 0 Å². The Morgan fingerprint density at radius 3 is 1.77 bits per heavy atom. The van der Waals surface area contributed by atoms with Gasteiger partial charge >= 0.3 is 12.5 Å². The van der Waals surface area contributed by atoms with Crippen LogP contribution in [0.4, 0.5) is 17.6 Å². The zero-order valence-electron chi connectivity index (χ0n) is 18.8. The molecule has 5 heteroatoms. The Morgan fingerprint density at radius 2 is 1.29 bits per heavy atom. The first-order valence-corrected chi connectivity index (χ1v) is 12.3. The lowest BCUT2D eigenvalue weighted by molar-refractivity contribution is -0.253. The number of ether oxygens (including phenoxy) is 1. The maximum atomic E-state index is 13.0. The minimum Gasteiger partial charge on any atom is -0.428 e. The highest BCUT2D eigenvalue weighted by atomic mass is 19.3. The number of hydrogen-bond donors (Lipinski definition) is 0. The summed E-state index contributed by atoms with van der Waals surface area (Å²) in [6, 6.07) is 6.26. The average Bonchev–Trinajstić information content (AvgIpc) is 2.77. The standard InChI is InChI=1S/C26H38F4O/c1-2-3-4-19-5-7-20(8-6-19)9-10-21-11-13-22(14-12-21)23-15-17-24(18-16-23)31-26(29,30)25(27)28/h15-22,25H,2-14H2,1H3. The lowest BCUT2D eigenvalue weighted by Gasteiger charge is -2.32. The second-order valence-corrected chi connectivity index (χ2v) is 9.86. The Bertz CT molecular complexity index is 629. The lowest BCUT2D eigenvalue weighted by Crippen LogP contribution is -2.33. The Labute approximate surface area is 184 Å². The van der Waals surface area contributed by atoms with Crippen LogP contribution in [0.15, 0.2) is 24.3 Å². The van der Waals surface area contributed by atoms with E-state index in [1.165, 1.54) is 82.8 Å². The molecule has 2 fully saturated rings. The topological polar surface area (TPSA) is 9.23 Å². The number of benzene rings is 1. The van der Waals surface area contributed by atoms with Gasteiger partial charge in [-0.25, -0.2) is 0 Å². The molecule has 0 heterocycles. The van der Waals surface area contributed by atoms with Crippen molar-refractivity contribution in [3.8, 4) is 5.75 Å². The van der Waals surface area contributed by atoms with Gasteiger partial charge in [0.15, 0.2) is 0 Å². The Hall–Kier alpha value is -1.26. The zero-order chi connectivity index (χ0) is 22.3. The van der Waals surface area contributed by atoms with E-state index in [-0.39, 0.29) is 5.75 Å². The van der Waals surface area contributed by atoms with Gasteiger partial charge in [-0.1, -0.05) is 76.8 Å². The van der Waals surface area contributed by atoms with Crippen molar-refractivity contribution in [1.29, 1.82) is 0 Å². The molecule has 176 valence electrons. The molecule has 0 saturated heterocycles. The van der Waals surface area contributed by atoms with Gasteiger partial charge in [0.1, 0.15) is 5.75 Å². The molecule has 0 radical (unpaired) electrons. The van der Waals surface area contributed by atoms with Crippen LogP contribution in [0.25, 0.3) is 0 Å². The molecule has 0 aromatic heterocycles. The van der Waals surface area contributed by atoms with Crippen LogP contribution in [-0.2, 0) is 0 Å². The van der Waals surface area contributed by atoms with Gasteiger partial charge in [-0.2, -0.15) is 17.6 Å². The van der Waals surface area contributed by atoms with E-state index in [1.807, 2.05) is 0 Å². The molecule has 1 aromatic carbocycles. The zero-order valence-corrected chi connectivity index (χ0v) is 18.8. The van der Waals surface area contributed by atoms with Gasteiger partial charge in [-0.05, 0) is 67.1 Å². The van der Waals surface area contributed by atoms with Gasteiger partial charge < -0.3 is 4.74 Å². The molecule has 0 atom stereocenters. The first-order chi connectivity index (χ1) is 14.9. The molecular formula is C26H38F4O. The van der Waals surface area contributed by atoms with Gasteiger partial charge in [0.25, 0.3) is 0 Å². The molecule has 0 bridgehead atoms. The van der Waals surface area contributed by atoms with Gasteiger partial charge in [0, 0.05) is 0 Å². The van der Waals surface area contributed by atoms with Crippen LogP contribution < -0.4 is 4.74 Å². The molecule has 0 N–H and O–H groups in total. The third-order valence-electron chi connectivity index (χ3n) is 7.62. The van der Waals surface area contributed by atoms with Crippen LogP contribution in [0.1, 0.15) is 102 Å². The molecule has 2 aliphatic rings. The number of hydrogen-bond acceptors (Lipinski definition) is 1. The van der Waals surface area contributed by atoms with E-state index < -0.39 is 12.5 Å². The fourth-order valence-corrected chi connectivity index (χ4v) is 5.57. The van der Waals surface area contributed by atoms with Crippen molar-refractivity contribution < 1.29 is 22.3 Å². The third-order valence-corrected chi connectivity index (χ3v) is 7.62. The summed E-state index contributed by atoms with van der Waals surface area (Å²) in [7, 11) is 0. The Morgan fingerprint density at radius 1 is 0.806 bits per heavy atom. The molecule has 3 rings (SSSR count). The molecule has 2 saturated carbocycles. The van der Waals surface area contributed by atoms with Crippen molar-refractivity contribution in [1.82, 2.24) is 0 Å². The molecule has 0 unspecified atom stereocenters. The minimum absolute atomic E-state index is 0.216. The number of unbranched alkanes of at least 4 members (excludes halogenated alkanes) is 1. The van der Waals surface area contributed by atoms with E-state index in [0.29, 0.717) is 5.92 Å². The van der Waals surface area contributed by atoms with Gasteiger partial charge in [0.2, 0.25) is 0 Å². The number of halogens is 4. The van der Waals surface area contributed by atoms with Crippen molar-refractivity contribution in [3.05, 3.63) is 29.8 Å². The van der Waals surface area contributed by atoms with Crippen LogP contribution in [0.5, 0.6) is 5.75 Å². The molecule has 0 spiro atoms. The monoisotopic (exact) mass is 442 g/mol. The Kier molecular flexibility index (Phi) is 9.09. The first-order valence-electron chi connectivity index (χ1n) is 12.3. The van der Waals surface area contributed by atoms with Crippen LogP contribution in [-0.4, -0.2) is 12.5 Å². The predicted molar refractivity (Wildman–Crippen MR) is 117 cm³/mol. The van der Waals surface area contributed by atoms with Gasteiger partial charge in [-0.15, -0.1) is 0 Å². The summed E-state index contributed by atoms with van der Waals surface area (Å²) in [4.78, 5) is 0. The summed E-state index contributed by atoms with van der Waals surface area (Å²) >= 11 is 0. The summed E-state index contributed by atoms with van der Waals surface area (Å²) in [5.41, 5.74) is 1.09. The van der Waals surface area contributed by atoms with E-state index in [0.717, 1.165) is 36.2 Å². The summed E-state index contributed by atoms with van der Waals surface area (Å²) in [6.07, 6.45) is 8.92. The van der Waals surface area contributed by atoms with Gasteiger partial charge in [-0.3, -0.25) is 0 Å². The number of rotatable bonds is 10. The highest BCUT2D eigenvalue weighted by Crippen LogP contribution is 2.40. The molecule has 0 amide bonds. The lowest BCUT2D eigenvalue weighted by atomic mass is 9.74. The van der Waals surface area contributed by atoms with E-state index in [2.05, 4.69) is 11.7 Å². The largest absolute Gasteiger partial charge is 0.461 e. The van der Waals surface area contributed by atoms with Crippen LogP contribution in [0.3, 0.4) is 0 Å². The highest BCUT2D eigenvalue weighted by molar-refractivity contribution is 5.30. The highest BCUT2D eigenvalue weighted by Gasteiger charge is 2.44. The maximum Gasteiger partial charge on any atom is 0.461 e. The minimum atomic E-state index is -4.45. The van der Waals surface area contributed by atoms with Crippen molar-refractivity contribution in [2.45, 2.75) is 109 Å². The molecule has 2 aliphatic carbocycles. The van der Waals surface area contributed by atoms with Crippen molar-refractivity contribution in [3.63, 3.8) is 0 Å². The SMILES string of the molecule is CCCCC1CCC(CCC2CCC(c3ccc(OC(F)(F)C(F)F)cc3)CC2)CC1. The van der Waals surface area contributed by atoms with Gasteiger partial charge in [0.05, 0.1) is 0 Å². The summed E-state index contributed by atoms with van der Waals surface area (Å²) in [5, 5.41) is 0. The van der Waals surface area contributed by atoms with Crippen LogP contribution in [0, 0.1) is 17.8 Å².